The fourth-order valence-electron chi connectivity index (χ4n) is 1.62. The van der Waals surface area contributed by atoms with Gasteiger partial charge in [0.1, 0.15) is 6.54 Å². The van der Waals surface area contributed by atoms with E-state index >= 15 is 0 Å². The Morgan fingerprint density at radius 2 is 1.85 bits per heavy atom. The second-order valence-electron chi connectivity index (χ2n) is 4.36. The molecule has 0 aromatic heterocycles. The zero-order chi connectivity index (χ0) is 15.1. The first-order valence-electron chi connectivity index (χ1n) is 6.13. The topological polar surface area (TPSA) is 74.7 Å². The van der Waals surface area contributed by atoms with Crippen LogP contribution in [0.5, 0.6) is 0 Å². The monoisotopic (exact) mass is 295 g/mol. The number of carboxylic acids is 1. The predicted octanol–water partition coefficient (Wildman–Crippen LogP) is 2.02. The maximum atomic E-state index is 12.3. The minimum absolute atomic E-state index is 0.0610. The summed E-state index contributed by atoms with van der Waals surface area (Å²) >= 11 is 1.07. The molecule has 1 amide bonds. The molecule has 1 rings (SSSR count). The van der Waals surface area contributed by atoms with Gasteiger partial charge in [-0.05, 0) is 12.1 Å². The number of anilines is 1. The zero-order valence-electron chi connectivity index (χ0n) is 11.4. The second kappa shape index (κ2) is 7.69. The van der Waals surface area contributed by atoms with Crippen molar-refractivity contribution in [2.24, 2.45) is 5.92 Å². The van der Waals surface area contributed by atoms with Crippen LogP contribution in [0.2, 0.25) is 0 Å². The van der Waals surface area contributed by atoms with Crippen LogP contribution in [0.15, 0.2) is 30.3 Å². The molecular weight excluding hydrogens is 278 g/mol. The van der Waals surface area contributed by atoms with Crippen LogP contribution < -0.4 is 4.90 Å². The van der Waals surface area contributed by atoms with Crippen LogP contribution >= 0.6 is 11.8 Å². The van der Waals surface area contributed by atoms with Crippen LogP contribution in [0, 0.1) is 5.92 Å². The van der Waals surface area contributed by atoms with E-state index in [4.69, 9.17) is 5.11 Å². The summed E-state index contributed by atoms with van der Waals surface area (Å²) in [7, 11) is 0. The number of rotatable bonds is 6. The number of carbonyl (C=O) groups excluding carboxylic acids is 2. The molecule has 0 spiro atoms. The Kier molecular flexibility index (Phi) is 6.24. The van der Waals surface area contributed by atoms with Gasteiger partial charge in [0.2, 0.25) is 5.91 Å². The van der Waals surface area contributed by atoms with Crippen LogP contribution in [-0.2, 0) is 14.4 Å². The zero-order valence-corrected chi connectivity index (χ0v) is 12.2. The van der Waals surface area contributed by atoms with Gasteiger partial charge >= 0.3 is 5.97 Å². The highest BCUT2D eigenvalue weighted by molar-refractivity contribution is 8.13. The van der Waals surface area contributed by atoms with Crippen molar-refractivity contribution in [2.75, 3.05) is 17.2 Å². The fourth-order valence-corrected chi connectivity index (χ4v) is 2.25. The molecule has 0 bridgehead atoms. The Hall–Kier alpha value is -1.82. The van der Waals surface area contributed by atoms with E-state index in [0.29, 0.717) is 11.4 Å². The van der Waals surface area contributed by atoms with Crippen molar-refractivity contribution in [1.82, 2.24) is 0 Å². The predicted molar refractivity (Wildman–Crippen MR) is 78.7 cm³/mol. The molecule has 0 unspecified atom stereocenters. The number of nitrogens with zero attached hydrogens (tertiary/aromatic N) is 1. The van der Waals surface area contributed by atoms with Crippen molar-refractivity contribution in [3.8, 4) is 0 Å². The van der Waals surface area contributed by atoms with E-state index in [1.165, 1.54) is 11.8 Å². The molecule has 0 saturated carbocycles. The number of benzene rings is 1. The molecule has 0 aliphatic rings. The summed E-state index contributed by atoms with van der Waals surface area (Å²) in [5.41, 5.74) is 0.541. The van der Waals surface area contributed by atoms with E-state index in [9.17, 15) is 14.4 Å². The standard InChI is InChI=1S/C14H17NO4S/c1-10(9-20-11(2)16)14(19)15(8-13(17)18)12-6-4-3-5-7-12/h3-7,10H,8-9H2,1-2H3,(H,17,18)/t10-/m0/s1. The van der Waals surface area contributed by atoms with Crippen LogP contribution in [0.1, 0.15) is 13.8 Å². The van der Waals surface area contributed by atoms with Crippen molar-refractivity contribution in [3.05, 3.63) is 30.3 Å². The molecule has 1 atom stereocenters. The van der Waals surface area contributed by atoms with Gasteiger partial charge in [0.25, 0.3) is 0 Å². The molecule has 108 valence electrons. The van der Waals surface area contributed by atoms with Gasteiger partial charge in [0.05, 0.1) is 0 Å². The van der Waals surface area contributed by atoms with E-state index < -0.39 is 18.4 Å². The van der Waals surface area contributed by atoms with Crippen molar-refractivity contribution >= 4 is 34.4 Å². The number of thioether (sulfide) groups is 1. The van der Waals surface area contributed by atoms with Gasteiger partial charge in [-0.1, -0.05) is 36.9 Å². The average molecular weight is 295 g/mol. The summed E-state index contributed by atoms with van der Waals surface area (Å²) in [5, 5.41) is 8.88. The van der Waals surface area contributed by atoms with E-state index in [-0.39, 0.29) is 11.0 Å². The Bertz CT molecular complexity index is 489. The maximum absolute atomic E-state index is 12.3. The van der Waals surface area contributed by atoms with E-state index in [0.717, 1.165) is 11.8 Å². The van der Waals surface area contributed by atoms with Crippen LogP contribution in [0.4, 0.5) is 5.69 Å². The summed E-state index contributed by atoms with van der Waals surface area (Å²) < 4.78 is 0. The Labute approximate surface area is 122 Å². The molecule has 0 heterocycles. The van der Waals surface area contributed by atoms with Crippen molar-refractivity contribution in [3.63, 3.8) is 0 Å². The number of para-hydroxylation sites is 1. The number of carbonyl (C=O) groups is 3. The molecule has 1 aromatic rings. The first-order chi connectivity index (χ1) is 9.41. The normalized spacial score (nSPS) is 11.7. The molecule has 0 aliphatic carbocycles. The molecule has 6 heteroatoms. The summed E-state index contributed by atoms with van der Waals surface area (Å²) in [4.78, 5) is 35.4. The maximum Gasteiger partial charge on any atom is 0.323 e. The molecule has 0 fully saturated rings. The van der Waals surface area contributed by atoms with E-state index in [1.54, 1.807) is 37.3 Å². The largest absolute Gasteiger partial charge is 0.480 e. The fraction of sp³-hybridized carbons (Fsp3) is 0.357. The Morgan fingerprint density at radius 3 is 2.35 bits per heavy atom. The minimum Gasteiger partial charge on any atom is -0.480 e. The van der Waals surface area contributed by atoms with Crippen molar-refractivity contribution in [1.29, 1.82) is 0 Å². The number of hydrogen-bond donors (Lipinski definition) is 1. The summed E-state index contributed by atoms with van der Waals surface area (Å²) in [5.74, 6) is -1.46. The highest BCUT2D eigenvalue weighted by Crippen LogP contribution is 2.18. The molecule has 0 saturated heterocycles. The molecule has 1 aromatic carbocycles. The van der Waals surface area contributed by atoms with Crippen LogP contribution in [0.25, 0.3) is 0 Å². The van der Waals surface area contributed by atoms with Gasteiger partial charge < -0.3 is 10.0 Å². The quantitative estimate of drug-likeness (QED) is 0.869. The lowest BCUT2D eigenvalue weighted by Gasteiger charge is -2.24. The van der Waals surface area contributed by atoms with Gasteiger partial charge in [-0.2, -0.15) is 0 Å². The molecule has 1 N–H and O–H groups in total. The van der Waals surface area contributed by atoms with Gasteiger partial charge in [-0.3, -0.25) is 14.4 Å². The molecule has 0 radical (unpaired) electrons. The SMILES string of the molecule is CC(=O)SC[C@H](C)C(=O)N(CC(=O)O)c1ccccc1. The molecule has 0 aliphatic heterocycles. The summed E-state index contributed by atoms with van der Waals surface area (Å²) in [6, 6.07) is 8.65. The van der Waals surface area contributed by atoms with Crippen LogP contribution in [-0.4, -0.2) is 34.4 Å². The van der Waals surface area contributed by atoms with Gasteiger partial charge in [-0.15, -0.1) is 0 Å². The number of aliphatic carboxylic acids is 1. The molecular formula is C14H17NO4S. The molecule has 20 heavy (non-hydrogen) atoms. The number of carboxylic acid groups (broad SMARTS) is 1. The molecule has 5 nitrogen and oxygen atoms in total. The second-order valence-corrected chi connectivity index (χ2v) is 5.55. The summed E-state index contributed by atoms with van der Waals surface area (Å²) in [6.45, 7) is 2.74. The van der Waals surface area contributed by atoms with Gasteiger partial charge in [0.15, 0.2) is 5.12 Å². The van der Waals surface area contributed by atoms with Crippen LogP contribution in [0.3, 0.4) is 0 Å². The third-order valence-corrected chi connectivity index (χ3v) is 3.66. The lowest BCUT2D eigenvalue weighted by Crippen LogP contribution is -2.39. The average Bonchev–Trinajstić information content (AvgIpc) is 2.42. The Morgan fingerprint density at radius 1 is 1.25 bits per heavy atom. The van der Waals surface area contributed by atoms with E-state index in [1.807, 2.05) is 0 Å². The number of amides is 1. The van der Waals surface area contributed by atoms with Gasteiger partial charge in [0, 0.05) is 24.3 Å². The lowest BCUT2D eigenvalue weighted by molar-refractivity contribution is -0.137. The highest BCUT2D eigenvalue weighted by Gasteiger charge is 2.24. The minimum atomic E-state index is -1.08. The number of hydrogen-bond acceptors (Lipinski definition) is 4. The highest BCUT2D eigenvalue weighted by atomic mass is 32.2. The lowest BCUT2D eigenvalue weighted by atomic mass is 10.1. The first kappa shape index (κ1) is 16.2. The first-order valence-corrected chi connectivity index (χ1v) is 7.12. The Balaban J connectivity index is 2.85. The van der Waals surface area contributed by atoms with E-state index in [2.05, 4.69) is 0 Å². The van der Waals surface area contributed by atoms with Gasteiger partial charge in [-0.25, -0.2) is 0 Å². The smallest absolute Gasteiger partial charge is 0.323 e. The third kappa shape index (κ3) is 5.05. The van der Waals surface area contributed by atoms with Crippen molar-refractivity contribution < 1.29 is 19.5 Å². The third-order valence-electron chi connectivity index (χ3n) is 2.59. The van der Waals surface area contributed by atoms with Crippen molar-refractivity contribution in [2.45, 2.75) is 13.8 Å². The summed E-state index contributed by atoms with van der Waals surface area (Å²) in [6.07, 6.45) is 0.